The molecule has 0 aliphatic carbocycles. The van der Waals surface area contributed by atoms with Gasteiger partial charge in [0.15, 0.2) is 11.6 Å². The summed E-state index contributed by atoms with van der Waals surface area (Å²) >= 11 is 0. The van der Waals surface area contributed by atoms with Crippen molar-refractivity contribution in [1.82, 2.24) is 10.3 Å². The molecule has 1 aromatic rings. The van der Waals surface area contributed by atoms with Crippen LogP contribution in [0.5, 0.6) is 0 Å². The fraction of sp³-hybridized carbons (Fsp3) is 0.667. The van der Waals surface area contributed by atoms with Gasteiger partial charge in [0.2, 0.25) is 0 Å². The summed E-state index contributed by atoms with van der Waals surface area (Å²) in [5.74, 6) is 0.935. The summed E-state index contributed by atoms with van der Waals surface area (Å²) in [6.07, 6.45) is 3.96. The van der Waals surface area contributed by atoms with E-state index in [9.17, 15) is 4.39 Å². The van der Waals surface area contributed by atoms with Gasteiger partial charge in [-0.25, -0.2) is 9.37 Å². The summed E-state index contributed by atoms with van der Waals surface area (Å²) in [6, 6.07) is 2.16. The minimum atomic E-state index is -0.160. The number of aromatic nitrogens is 1. The molecule has 2 heterocycles. The molecule has 0 bridgehead atoms. The lowest BCUT2D eigenvalue weighted by molar-refractivity contribution is 0.531. The molecule has 19 heavy (non-hydrogen) atoms. The van der Waals surface area contributed by atoms with E-state index in [4.69, 9.17) is 0 Å². The largest absolute Gasteiger partial charge is 0.351 e. The minimum Gasteiger partial charge on any atom is -0.351 e. The van der Waals surface area contributed by atoms with Gasteiger partial charge in [-0.2, -0.15) is 0 Å². The van der Waals surface area contributed by atoms with Crippen molar-refractivity contribution in [3.05, 3.63) is 23.6 Å². The van der Waals surface area contributed by atoms with E-state index in [0.717, 1.165) is 25.9 Å². The fourth-order valence-electron chi connectivity index (χ4n) is 2.55. The van der Waals surface area contributed by atoms with Gasteiger partial charge in [0, 0.05) is 30.9 Å². The highest BCUT2D eigenvalue weighted by Crippen LogP contribution is 2.27. The van der Waals surface area contributed by atoms with Crippen LogP contribution in [-0.2, 0) is 6.54 Å². The summed E-state index contributed by atoms with van der Waals surface area (Å²) in [6.45, 7) is 8.81. The average molecular weight is 265 g/mol. The predicted octanol–water partition coefficient (Wildman–Crippen LogP) is 2.96. The molecule has 1 N–H and O–H groups in total. The Labute approximate surface area is 115 Å². The lowest BCUT2D eigenvalue weighted by atomic mass is 10.2. The van der Waals surface area contributed by atoms with E-state index < -0.39 is 0 Å². The monoisotopic (exact) mass is 265 g/mol. The lowest BCUT2D eigenvalue weighted by Gasteiger charge is -2.23. The molecule has 1 aliphatic rings. The second-order valence-corrected chi connectivity index (χ2v) is 5.82. The summed E-state index contributed by atoms with van der Waals surface area (Å²) in [7, 11) is 0. The van der Waals surface area contributed by atoms with Gasteiger partial charge in [0.1, 0.15) is 0 Å². The Morgan fingerprint density at radius 1 is 1.53 bits per heavy atom. The molecule has 3 nitrogen and oxygen atoms in total. The maximum absolute atomic E-state index is 14.5. The highest BCUT2D eigenvalue weighted by molar-refractivity contribution is 5.45. The summed E-state index contributed by atoms with van der Waals surface area (Å²) in [5.41, 5.74) is 0.713. The van der Waals surface area contributed by atoms with Crippen molar-refractivity contribution in [3.63, 3.8) is 0 Å². The average Bonchev–Trinajstić information content (AvgIpc) is 2.77. The van der Waals surface area contributed by atoms with Crippen molar-refractivity contribution in [2.75, 3.05) is 18.0 Å². The number of nitrogens with zero attached hydrogens (tertiary/aromatic N) is 2. The van der Waals surface area contributed by atoms with E-state index in [1.54, 1.807) is 12.3 Å². The molecular formula is C15H24FN3. The number of nitrogens with one attached hydrogen (secondary N) is 1. The molecule has 0 spiro atoms. The highest BCUT2D eigenvalue weighted by Gasteiger charge is 2.25. The van der Waals surface area contributed by atoms with Crippen LogP contribution in [0.4, 0.5) is 10.2 Å². The third kappa shape index (κ3) is 3.44. The van der Waals surface area contributed by atoms with E-state index in [2.05, 4.69) is 36.0 Å². The van der Waals surface area contributed by atoms with Crippen LogP contribution in [0.2, 0.25) is 0 Å². The summed E-state index contributed by atoms with van der Waals surface area (Å²) in [4.78, 5) is 6.32. The van der Waals surface area contributed by atoms with E-state index in [1.807, 2.05) is 0 Å². The molecule has 0 radical (unpaired) electrons. The molecule has 0 aromatic carbocycles. The Balaban J connectivity index is 2.09. The Morgan fingerprint density at radius 3 is 2.95 bits per heavy atom. The SMILES string of the molecule is CC(C)CNCc1ccnc(N2CCCC2C)c1F. The first-order valence-electron chi connectivity index (χ1n) is 7.20. The lowest BCUT2D eigenvalue weighted by Crippen LogP contribution is -2.29. The number of hydrogen-bond acceptors (Lipinski definition) is 3. The van der Waals surface area contributed by atoms with E-state index >= 15 is 0 Å². The molecule has 1 aromatic heterocycles. The van der Waals surface area contributed by atoms with Crippen molar-refractivity contribution in [3.8, 4) is 0 Å². The van der Waals surface area contributed by atoms with Crippen LogP contribution in [0, 0.1) is 11.7 Å². The van der Waals surface area contributed by atoms with Gasteiger partial charge < -0.3 is 10.2 Å². The van der Waals surface area contributed by atoms with Crippen molar-refractivity contribution >= 4 is 5.82 Å². The second-order valence-electron chi connectivity index (χ2n) is 5.82. The van der Waals surface area contributed by atoms with E-state index in [0.29, 0.717) is 29.9 Å². The maximum Gasteiger partial charge on any atom is 0.170 e. The number of halogens is 1. The Morgan fingerprint density at radius 2 is 2.32 bits per heavy atom. The summed E-state index contributed by atoms with van der Waals surface area (Å²) in [5, 5.41) is 3.28. The topological polar surface area (TPSA) is 28.2 Å². The molecular weight excluding hydrogens is 241 g/mol. The maximum atomic E-state index is 14.5. The van der Waals surface area contributed by atoms with Crippen LogP contribution in [0.3, 0.4) is 0 Å². The van der Waals surface area contributed by atoms with Gasteiger partial charge in [-0.05, 0) is 38.3 Å². The number of anilines is 1. The van der Waals surface area contributed by atoms with Crippen molar-refractivity contribution < 1.29 is 4.39 Å². The molecule has 4 heteroatoms. The van der Waals surface area contributed by atoms with Crippen LogP contribution in [0.25, 0.3) is 0 Å². The third-order valence-electron chi connectivity index (χ3n) is 3.64. The van der Waals surface area contributed by atoms with Gasteiger partial charge >= 0.3 is 0 Å². The Hall–Kier alpha value is -1.16. The standard InChI is InChI=1S/C15H24FN3/c1-11(2)9-17-10-13-6-7-18-15(14(13)16)19-8-4-5-12(19)3/h6-7,11-12,17H,4-5,8-10H2,1-3H3. The van der Waals surface area contributed by atoms with Crippen LogP contribution in [0.1, 0.15) is 39.2 Å². The van der Waals surface area contributed by atoms with Gasteiger partial charge in [-0.3, -0.25) is 0 Å². The van der Waals surface area contributed by atoms with Crippen LogP contribution >= 0.6 is 0 Å². The van der Waals surface area contributed by atoms with Crippen molar-refractivity contribution in [2.24, 2.45) is 5.92 Å². The van der Waals surface area contributed by atoms with Gasteiger partial charge in [-0.15, -0.1) is 0 Å². The second kappa shape index (κ2) is 6.33. The number of hydrogen-bond donors (Lipinski definition) is 1. The molecule has 2 rings (SSSR count). The first-order valence-corrected chi connectivity index (χ1v) is 7.20. The van der Waals surface area contributed by atoms with Gasteiger partial charge in [0.25, 0.3) is 0 Å². The number of rotatable bonds is 5. The molecule has 1 fully saturated rings. The van der Waals surface area contributed by atoms with E-state index in [1.165, 1.54) is 0 Å². The molecule has 0 saturated carbocycles. The Kier molecular flexibility index (Phi) is 4.75. The zero-order valence-corrected chi connectivity index (χ0v) is 12.1. The van der Waals surface area contributed by atoms with Crippen LogP contribution < -0.4 is 10.2 Å². The third-order valence-corrected chi connectivity index (χ3v) is 3.64. The smallest absolute Gasteiger partial charge is 0.170 e. The van der Waals surface area contributed by atoms with Crippen LogP contribution in [0.15, 0.2) is 12.3 Å². The minimum absolute atomic E-state index is 0.160. The summed E-state index contributed by atoms with van der Waals surface area (Å²) < 4.78 is 14.5. The van der Waals surface area contributed by atoms with Crippen molar-refractivity contribution in [1.29, 1.82) is 0 Å². The Bertz CT molecular complexity index is 420. The fourth-order valence-corrected chi connectivity index (χ4v) is 2.55. The zero-order valence-electron chi connectivity index (χ0n) is 12.1. The van der Waals surface area contributed by atoms with Gasteiger partial charge in [0.05, 0.1) is 0 Å². The first kappa shape index (κ1) is 14.3. The van der Waals surface area contributed by atoms with Crippen molar-refractivity contribution in [2.45, 2.75) is 46.2 Å². The van der Waals surface area contributed by atoms with E-state index in [-0.39, 0.29) is 5.82 Å². The normalized spacial score (nSPS) is 19.4. The zero-order chi connectivity index (χ0) is 13.8. The van der Waals surface area contributed by atoms with Gasteiger partial charge in [-0.1, -0.05) is 13.8 Å². The highest BCUT2D eigenvalue weighted by atomic mass is 19.1. The molecule has 1 atom stereocenters. The molecule has 1 saturated heterocycles. The molecule has 1 unspecified atom stereocenters. The van der Waals surface area contributed by atoms with Crippen LogP contribution in [-0.4, -0.2) is 24.1 Å². The molecule has 1 aliphatic heterocycles. The number of pyridine rings is 1. The molecule has 0 amide bonds. The molecule has 106 valence electrons. The predicted molar refractivity (Wildman–Crippen MR) is 76.8 cm³/mol. The first-order chi connectivity index (χ1) is 9.09. The quantitative estimate of drug-likeness (QED) is 0.887.